The normalized spacial score (nSPS) is 26.6. The zero-order valence-corrected chi connectivity index (χ0v) is 10.8. The summed E-state index contributed by atoms with van der Waals surface area (Å²) >= 11 is 0. The second kappa shape index (κ2) is 6.15. The Bertz CT molecular complexity index is 316. The summed E-state index contributed by atoms with van der Waals surface area (Å²) in [5, 5.41) is 5.93. The SMILES string of the molecule is CC(NC1CCCNC1=O)C(=O)N1CCOCC1. The minimum Gasteiger partial charge on any atom is -0.378 e. The van der Waals surface area contributed by atoms with Crippen LogP contribution in [0.5, 0.6) is 0 Å². The quantitative estimate of drug-likeness (QED) is 0.686. The van der Waals surface area contributed by atoms with Crippen molar-refractivity contribution >= 4 is 11.8 Å². The van der Waals surface area contributed by atoms with E-state index >= 15 is 0 Å². The van der Waals surface area contributed by atoms with Crippen LogP contribution in [-0.4, -0.2) is 61.6 Å². The summed E-state index contributed by atoms with van der Waals surface area (Å²) in [4.78, 5) is 25.6. The molecule has 2 atom stereocenters. The Morgan fingerprint density at radius 2 is 2.22 bits per heavy atom. The third-order valence-corrected chi connectivity index (χ3v) is 3.43. The van der Waals surface area contributed by atoms with Gasteiger partial charge in [-0.1, -0.05) is 0 Å². The number of hydrogen-bond donors (Lipinski definition) is 2. The highest BCUT2D eigenvalue weighted by Crippen LogP contribution is 2.06. The van der Waals surface area contributed by atoms with Crippen LogP contribution in [0.3, 0.4) is 0 Å². The zero-order valence-electron chi connectivity index (χ0n) is 10.8. The van der Waals surface area contributed by atoms with Gasteiger partial charge in [-0.05, 0) is 19.8 Å². The lowest BCUT2D eigenvalue weighted by Crippen LogP contribution is -2.56. The van der Waals surface area contributed by atoms with Crippen LogP contribution in [0.2, 0.25) is 0 Å². The monoisotopic (exact) mass is 255 g/mol. The molecule has 0 aromatic heterocycles. The molecule has 2 heterocycles. The van der Waals surface area contributed by atoms with E-state index in [1.54, 1.807) is 4.90 Å². The first-order valence-electron chi connectivity index (χ1n) is 6.59. The number of amides is 2. The van der Waals surface area contributed by atoms with Crippen molar-refractivity contribution in [1.82, 2.24) is 15.5 Å². The number of rotatable bonds is 3. The topological polar surface area (TPSA) is 70.7 Å². The summed E-state index contributed by atoms with van der Waals surface area (Å²) in [6.07, 6.45) is 1.76. The number of nitrogens with one attached hydrogen (secondary N) is 2. The predicted octanol–water partition coefficient (Wildman–Crippen LogP) is -0.898. The first-order valence-corrected chi connectivity index (χ1v) is 6.59. The van der Waals surface area contributed by atoms with Crippen LogP contribution in [0.25, 0.3) is 0 Å². The van der Waals surface area contributed by atoms with E-state index in [9.17, 15) is 9.59 Å². The Labute approximate surface area is 107 Å². The van der Waals surface area contributed by atoms with Gasteiger partial charge in [0.15, 0.2) is 0 Å². The standard InChI is InChI=1S/C12H21N3O3/c1-9(12(17)15-5-7-18-8-6-15)14-10-3-2-4-13-11(10)16/h9-10,14H,2-8H2,1H3,(H,13,16). The molecule has 0 radical (unpaired) electrons. The maximum absolute atomic E-state index is 12.2. The second-order valence-electron chi connectivity index (χ2n) is 4.81. The van der Waals surface area contributed by atoms with Gasteiger partial charge in [-0.2, -0.15) is 0 Å². The lowest BCUT2D eigenvalue weighted by molar-refractivity contribution is -0.137. The molecule has 18 heavy (non-hydrogen) atoms. The third kappa shape index (κ3) is 3.20. The Morgan fingerprint density at radius 1 is 1.50 bits per heavy atom. The minimum atomic E-state index is -0.322. The van der Waals surface area contributed by atoms with Gasteiger partial charge in [0.25, 0.3) is 0 Å². The number of morpholine rings is 1. The van der Waals surface area contributed by atoms with Gasteiger partial charge in [-0.3, -0.25) is 14.9 Å². The van der Waals surface area contributed by atoms with Crippen LogP contribution in [-0.2, 0) is 14.3 Å². The summed E-state index contributed by atoms with van der Waals surface area (Å²) in [7, 11) is 0. The van der Waals surface area contributed by atoms with Crippen molar-refractivity contribution in [1.29, 1.82) is 0 Å². The van der Waals surface area contributed by atoms with E-state index in [0.717, 1.165) is 19.4 Å². The van der Waals surface area contributed by atoms with Gasteiger partial charge in [-0.25, -0.2) is 0 Å². The molecule has 6 heteroatoms. The van der Waals surface area contributed by atoms with Gasteiger partial charge in [-0.15, -0.1) is 0 Å². The van der Waals surface area contributed by atoms with Crippen LogP contribution < -0.4 is 10.6 Å². The Kier molecular flexibility index (Phi) is 4.54. The molecule has 0 aliphatic carbocycles. The molecule has 2 saturated heterocycles. The fraction of sp³-hybridized carbons (Fsp3) is 0.833. The molecular weight excluding hydrogens is 234 g/mol. The summed E-state index contributed by atoms with van der Waals surface area (Å²) in [5.74, 6) is 0.0551. The lowest BCUT2D eigenvalue weighted by atomic mass is 10.1. The van der Waals surface area contributed by atoms with Crippen molar-refractivity contribution in [2.24, 2.45) is 0 Å². The lowest BCUT2D eigenvalue weighted by Gasteiger charge is -2.31. The Hall–Kier alpha value is -1.14. The van der Waals surface area contributed by atoms with Crippen LogP contribution in [0.1, 0.15) is 19.8 Å². The maximum atomic E-state index is 12.2. The van der Waals surface area contributed by atoms with E-state index in [0.29, 0.717) is 26.3 Å². The van der Waals surface area contributed by atoms with Crippen LogP contribution in [0, 0.1) is 0 Å². The smallest absolute Gasteiger partial charge is 0.239 e. The molecular formula is C12H21N3O3. The summed E-state index contributed by atoms with van der Waals surface area (Å²) < 4.78 is 5.22. The van der Waals surface area contributed by atoms with E-state index in [-0.39, 0.29) is 23.9 Å². The van der Waals surface area contributed by atoms with Gasteiger partial charge in [0.2, 0.25) is 11.8 Å². The van der Waals surface area contributed by atoms with Gasteiger partial charge in [0.1, 0.15) is 0 Å². The first kappa shape index (κ1) is 13.3. The van der Waals surface area contributed by atoms with Gasteiger partial charge >= 0.3 is 0 Å². The van der Waals surface area contributed by atoms with Crippen LogP contribution in [0.15, 0.2) is 0 Å². The van der Waals surface area contributed by atoms with E-state index in [1.165, 1.54) is 0 Å². The van der Waals surface area contributed by atoms with E-state index in [4.69, 9.17) is 4.74 Å². The number of hydrogen-bond acceptors (Lipinski definition) is 4. The summed E-state index contributed by atoms with van der Waals surface area (Å²) in [5.41, 5.74) is 0. The molecule has 6 nitrogen and oxygen atoms in total. The molecule has 2 N–H and O–H groups in total. The molecule has 2 aliphatic rings. The molecule has 0 aromatic carbocycles. The summed E-state index contributed by atoms with van der Waals surface area (Å²) in [6, 6.07) is -0.560. The molecule has 0 aromatic rings. The fourth-order valence-corrected chi connectivity index (χ4v) is 2.36. The molecule has 2 rings (SSSR count). The predicted molar refractivity (Wildman–Crippen MR) is 66.0 cm³/mol. The average Bonchev–Trinajstić information content (AvgIpc) is 2.41. The molecule has 2 fully saturated rings. The highest BCUT2D eigenvalue weighted by molar-refractivity contribution is 5.85. The number of ether oxygens (including phenoxy) is 1. The molecule has 0 saturated carbocycles. The van der Waals surface area contributed by atoms with Crippen molar-refractivity contribution in [2.75, 3.05) is 32.8 Å². The maximum Gasteiger partial charge on any atom is 0.239 e. The van der Waals surface area contributed by atoms with Crippen LogP contribution in [0.4, 0.5) is 0 Å². The molecule has 102 valence electrons. The highest BCUT2D eigenvalue weighted by Gasteiger charge is 2.28. The van der Waals surface area contributed by atoms with Crippen molar-refractivity contribution < 1.29 is 14.3 Å². The molecule has 2 unspecified atom stereocenters. The molecule has 0 bridgehead atoms. The highest BCUT2D eigenvalue weighted by atomic mass is 16.5. The molecule has 2 aliphatic heterocycles. The number of piperidine rings is 1. The van der Waals surface area contributed by atoms with Gasteiger partial charge in [0.05, 0.1) is 25.3 Å². The van der Waals surface area contributed by atoms with Crippen molar-refractivity contribution in [2.45, 2.75) is 31.8 Å². The van der Waals surface area contributed by atoms with Crippen LogP contribution >= 0.6 is 0 Å². The van der Waals surface area contributed by atoms with Crippen molar-refractivity contribution in [3.05, 3.63) is 0 Å². The number of carbonyl (C=O) groups excluding carboxylic acids is 2. The second-order valence-corrected chi connectivity index (χ2v) is 4.81. The fourth-order valence-electron chi connectivity index (χ4n) is 2.36. The first-order chi connectivity index (χ1) is 8.68. The summed E-state index contributed by atoms with van der Waals surface area (Å²) in [6.45, 7) is 5.04. The van der Waals surface area contributed by atoms with Crippen molar-refractivity contribution in [3.63, 3.8) is 0 Å². The minimum absolute atomic E-state index is 0.00266. The van der Waals surface area contributed by atoms with Crippen molar-refractivity contribution in [3.8, 4) is 0 Å². The average molecular weight is 255 g/mol. The van der Waals surface area contributed by atoms with Gasteiger partial charge < -0.3 is 15.0 Å². The Balaban J connectivity index is 1.84. The largest absolute Gasteiger partial charge is 0.378 e. The number of carbonyl (C=O) groups is 2. The third-order valence-electron chi connectivity index (χ3n) is 3.43. The zero-order chi connectivity index (χ0) is 13.0. The Morgan fingerprint density at radius 3 is 2.89 bits per heavy atom. The number of nitrogens with zero attached hydrogens (tertiary/aromatic N) is 1. The van der Waals surface area contributed by atoms with E-state index in [1.807, 2.05) is 6.92 Å². The van der Waals surface area contributed by atoms with E-state index < -0.39 is 0 Å². The molecule has 0 spiro atoms. The van der Waals surface area contributed by atoms with Gasteiger partial charge in [0, 0.05) is 19.6 Å². The molecule has 2 amide bonds. The van der Waals surface area contributed by atoms with E-state index in [2.05, 4.69) is 10.6 Å².